The number of hydrogen-bond donors (Lipinski definition) is 0. The van der Waals surface area contributed by atoms with Crippen molar-refractivity contribution >= 4 is 5.78 Å². The zero-order chi connectivity index (χ0) is 9.19. The third-order valence-electron chi connectivity index (χ3n) is 3.05. The van der Waals surface area contributed by atoms with Gasteiger partial charge in [-0.05, 0) is 24.3 Å². The Morgan fingerprint density at radius 3 is 2.67 bits per heavy atom. The molecule has 1 atom stereocenters. The van der Waals surface area contributed by atoms with Crippen molar-refractivity contribution in [2.24, 2.45) is 11.3 Å². The SMILES string of the molecule is C=CC(=O)C1CCCCC1(C)C. The van der Waals surface area contributed by atoms with E-state index in [1.54, 1.807) is 0 Å². The van der Waals surface area contributed by atoms with Gasteiger partial charge in [0, 0.05) is 5.92 Å². The maximum Gasteiger partial charge on any atom is 0.158 e. The standard InChI is InChI=1S/C11H18O/c1-4-10(12)9-7-5-6-8-11(9,2)3/h4,9H,1,5-8H2,2-3H3. The molecule has 1 rings (SSSR count). The Labute approximate surface area is 74.9 Å². The van der Waals surface area contributed by atoms with Gasteiger partial charge in [0.05, 0.1) is 0 Å². The smallest absolute Gasteiger partial charge is 0.158 e. The molecule has 1 unspecified atom stereocenters. The number of rotatable bonds is 2. The molecule has 0 aliphatic heterocycles. The van der Waals surface area contributed by atoms with Crippen molar-refractivity contribution in [3.63, 3.8) is 0 Å². The Balaban J connectivity index is 2.72. The van der Waals surface area contributed by atoms with Gasteiger partial charge in [-0.15, -0.1) is 0 Å². The van der Waals surface area contributed by atoms with E-state index in [2.05, 4.69) is 20.4 Å². The van der Waals surface area contributed by atoms with E-state index in [9.17, 15) is 4.79 Å². The average molecular weight is 166 g/mol. The van der Waals surface area contributed by atoms with Gasteiger partial charge in [-0.2, -0.15) is 0 Å². The first-order valence-electron chi connectivity index (χ1n) is 4.74. The summed E-state index contributed by atoms with van der Waals surface area (Å²) in [7, 11) is 0. The maximum atomic E-state index is 11.5. The molecule has 68 valence electrons. The molecule has 1 fully saturated rings. The summed E-state index contributed by atoms with van der Waals surface area (Å²) in [5, 5.41) is 0. The number of ketones is 1. The van der Waals surface area contributed by atoms with E-state index < -0.39 is 0 Å². The molecule has 0 saturated heterocycles. The fourth-order valence-electron chi connectivity index (χ4n) is 2.16. The molecule has 0 N–H and O–H groups in total. The predicted molar refractivity (Wildman–Crippen MR) is 50.9 cm³/mol. The molecule has 1 saturated carbocycles. The average Bonchev–Trinajstić information content (AvgIpc) is 2.02. The van der Waals surface area contributed by atoms with Crippen LogP contribution in [0.5, 0.6) is 0 Å². The molecule has 1 aliphatic carbocycles. The molecular formula is C11H18O. The zero-order valence-electron chi connectivity index (χ0n) is 8.10. The number of carbonyl (C=O) groups excluding carboxylic acids is 1. The minimum absolute atomic E-state index is 0.198. The van der Waals surface area contributed by atoms with Crippen LogP contribution in [0, 0.1) is 11.3 Å². The van der Waals surface area contributed by atoms with E-state index in [4.69, 9.17) is 0 Å². The minimum Gasteiger partial charge on any atom is -0.295 e. The Morgan fingerprint density at radius 1 is 1.50 bits per heavy atom. The first-order chi connectivity index (χ1) is 5.58. The van der Waals surface area contributed by atoms with Gasteiger partial charge in [0.1, 0.15) is 0 Å². The van der Waals surface area contributed by atoms with Crippen LogP contribution in [0.1, 0.15) is 39.5 Å². The van der Waals surface area contributed by atoms with Gasteiger partial charge in [0.15, 0.2) is 5.78 Å². The Kier molecular flexibility index (Phi) is 2.71. The summed E-state index contributed by atoms with van der Waals surface area (Å²) >= 11 is 0. The van der Waals surface area contributed by atoms with Crippen molar-refractivity contribution in [2.45, 2.75) is 39.5 Å². The van der Waals surface area contributed by atoms with Crippen molar-refractivity contribution in [3.05, 3.63) is 12.7 Å². The lowest BCUT2D eigenvalue weighted by molar-refractivity contribution is -0.123. The van der Waals surface area contributed by atoms with E-state index in [0.29, 0.717) is 0 Å². The first-order valence-corrected chi connectivity index (χ1v) is 4.74. The van der Waals surface area contributed by atoms with Gasteiger partial charge in [0.2, 0.25) is 0 Å². The van der Waals surface area contributed by atoms with Gasteiger partial charge >= 0.3 is 0 Å². The maximum absolute atomic E-state index is 11.5. The van der Waals surface area contributed by atoms with Crippen LogP contribution in [0.15, 0.2) is 12.7 Å². The van der Waals surface area contributed by atoms with Crippen LogP contribution in [0.3, 0.4) is 0 Å². The summed E-state index contributed by atoms with van der Waals surface area (Å²) in [6, 6.07) is 0. The summed E-state index contributed by atoms with van der Waals surface area (Å²) in [5.41, 5.74) is 0.198. The predicted octanol–water partition coefficient (Wildman–Crippen LogP) is 2.96. The molecule has 0 bridgehead atoms. The molecule has 1 aliphatic rings. The summed E-state index contributed by atoms with van der Waals surface area (Å²) in [6.45, 7) is 7.94. The quantitative estimate of drug-likeness (QED) is 0.576. The lowest BCUT2D eigenvalue weighted by atomic mass is 9.67. The molecular weight excluding hydrogens is 148 g/mol. The molecule has 12 heavy (non-hydrogen) atoms. The number of allylic oxidation sites excluding steroid dienone is 1. The summed E-state index contributed by atoms with van der Waals surface area (Å²) in [5.74, 6) is 0.462. The van der Waals surface area contributed by atoms with Crippen LogP contribution in [0.2, 0.25) is 0 Å². The highest BCUT2D eigenvalue weighted by atomic mass is 16.1. The number of hydrogen-bond acceptors (Lipinski definition) is 1. The van der Waals surface area contributed by atoms with E-state index in [0.717, 1.165) is 6.42 Å². The topological polar surface area (TPSA) is 17.1 Å². The molecule has 0 amide bonds. The van der Waals surface area contributed by atoms with Gasteiger partial charge in [-0.3, -0.25) is 4.79 Å². The van der Waals surface area contributed by atoms with Gasteiger partial charge in [-0.25, -0.2) is 0 Å². The second-order valence-electron chi connectivity index (χ2n) is 4.39. The van der Waals surface area contributed by atoms with E-state index in [1.807, 2.05) is 0 Å². The van der Waals surface area contributed by atoms with Crippen LogP contribution < -0.4 is 0 Å². The van der Waals surface area contributed by atoms with Gasteiger partial charge < -0.3 is 0 Å². The van der Waals surface area contributed by atoms with Crippen LogP contribution in [-0.4, -0.2) is 5.78 Å². The molecule has 1 nitrogen and oxygen atoms in total. The van der Waals surface area contributed by atoms with Gasteiger partial charge in [0.25, 0.3) is 0 Å². The third kappa shape index (κ3) is 1.77. The van der Waals surface area contributed by atoms with Crippen LogP contribution in [0.25, 0.3) is 0 Å². The lowest BCUT2D eigenvalue weighted by Crippen LogP contribution is -2.33. The van der Waals surface area contributed by atoms with Crippen molar-refractivity contribution in [1.29, 1.82) is 0 Å². The minimum atomic E-state index is 0.198. The molecule has 0 heterocycles. The molecule has 0 spiro atoms. The molecule has 0 aromatic rings. The Morgan fingerprint density at radius 2 is 2.17 bits per heavy atom. The summed E-state index contributed by atoms with van der Waals surface area (Å²) in [4.78, 5) is 11.5. The monoisotopic (exact) mass is 166 g/mol. The second kappa shape index (κ2) is 3.42. The molecule has 0 radical (unpaired) electrons. The highest BCUT2D eigenvalue weighted by Crippen LogP contribution is 2.40. The van der Waals surface area contributed by atoms with E-state index >= 15 is 0 Å². The lowest BCUT2D eigenvalue weighted by Gasteiger charge is -2.36. The zero-order valence-corrected chi connectivity index (χ0v) is 8.10. The van der Waals surface area contributed by atoms with Crippen molar-refractivity contribution in [1.82, 2.24) is 0 Å². The normalized spacial score (nSPS) is 28.0. The van der Waals surface area contributed by atoms with E-state index in [-0.39, 0.29) is 17.1 Å². The van der Waals surface area contributed by atoms with Crippen LogP contribution >= 0.6 is 0 Å². The number of carbonyl (C=O) groups is 1. The largest absolute Gasteiger partial charge is 0.295 e. The fourth-order valence-corrected chi connectivity index (χ4v) is 2.16. The Bertz CT molecular complexity index is 191. The third-order valence-corrected chi connectivity index (χ3v) is 3.05. The second-order valence-corrected chi connectivity index (χ2v) is 4.39. The van der Waals surface area contributed by atoms with Crippen LogP contribution in [0.4, 0.5) is 0 Å². The summed E-state index contributed by atoms with van der Waals surface area (Å²) < 4.78 is 0. The fraction of sp³-hybridized carbons (Fsp3) is 0.727. The van der Waals surface area contributed by atoms with Crippen molar-refractivity contribution in [3.8, 4) is 0 Å². The Hall–Kier alpha value is -0.590. The highest BCUT2D eigenvalue weighted by Gasteiger charge is 2.35. The first kappa shape index (κ1) is 9.50. The molecule has 1 heteroatoms. The molecule has 0 aromatic carbocycles. The van der Waals surface area contributed by atoms with E-state index in [1.165, 1.54) is 25.3 Å². The molecule has 0 aromatic heterocycles. The highest BCUT2D eigenvalue weighted by molar-refractivity contribution is 5.91. The van der Waals surface area contributed by atoms with Crippen LogP contribution in [-0.2, 0) is 4.79 Å². The van der Waals surface area contributed by atoms with Crippen molar-refractivity contribution < 1.29 is 4.79 Å². The van der Waals surface area contributed by atoms with Gasteiger partial charge in [-0.1, -0.05) is 33.3 Å². The van der Waals surface area contributed by atoms with Crippen molar-refractivity contribution in [2.75, 3.05) is 0 Å². The summed E-state index contributed by atoms with van der Waals surface area (Å²) in [6.07, 6.45) is 6.19.